The molecule has 1 saturated heterocycles. The lowest BCUT2D eigenvalue weighted by Gasteiger charge is -2.21. The van der Waals surface area contributed by atoms with E-state index >= 15 is 0 Å². The highest BCUT2D eigenvalue weighted by atomic mass is 16.6. The minimum atomic E-state index is -1.18. The molecule has 3 rings (SSSR count). The predicted molar refractivity (Wildman–Crippen MR) is 101 cm³/mol. The van der Waals surface area contributed by atoms with Crippen LogP contribution in [0.1, 0.15) is 29.1 Å². The molecular weight excluding hydrogens is 394 g/mol. The van der Waals surface area contributed by atoms with Crippen molar-refractivity contribution < 1.29 is 23.8 Å². The fraction of sp³-hybridized carbons (Fsp3) is 0.350. The smallest absolute Gasteiger partial charge is 0.338 e. The van der Waals surface area contributed by atoms with Gasteiger partial charge in [-0.25, -0.2) is 9.59 Å². The number of carbonyl (C=O) groups excluding carboxylic acids is 2. The fourth-order valence-corrected chi connectivity index (χ4v) is 3.17. The maximum Gasteiger partial charge on any atom is 0.338 e. The van der Waals surface area contributed by atoms with Crippen LogP contribution in [0, 0.1) is 24.2 Å². The Hall–Kier alpha value is -3.71. The van der Waals surface area contributed by atoms with E-state index in [0.717, 1.165) is 11.5 Å². The van der Waals surface area contributed by atoms with Gasteiger partial charge in [-0.3, -0.25) is 19.1 Å². The van der Waals surface area contributed by atoms with Crippen molar-refractivity contribution in [3.8, 4) is 6.07 Å². The third-order valence-corrected chi connectivity index (χ3v) is 4.61. The Bertz CT molecular complexity index is 1100. The molecule has 0 bridgehead atoms. The van der Waals surface area contributed by atoms with Crippen molar-refractivity contribution in [1.82, 2.24) is 9.55 Å². The molecule has 0 unspecified atom stereocenters. The Labute approximate surface area is 170 Å². The van der Waals surface area contributed by atoms with Crippen molar-refractivity contribution in [2.45, 2.75) is 32.3 Å². The lowest BCUT2D eigenvalue weighted by molar-refractivity contribution is -0.153. The quantitative estimate of drug-likeness (QED) is 0.705. The number of hydrogen-bond donors (Lipinski definition) is 1. The van der Waals surface area contributed by atoms with Crippen molar-refractivity contribution in [2.75, 3.05) is 6.61 Å². The van der Waals surface area contributed by atoms with E-state index in [9.17, 15) is 24.4 Å². The normalized spacial score (nSPS) is 22.8. The number of esters is 2. The molecule has 1 aromatic heterocycles. The Balaban J connectivity index is 1.87. The summed E-state index contributed by atoms with van der Waals surface area (Å²) < 4.78 is 17.3. The standard InChI is InChI=1S/C20H19N3O7/c1-11-9-23(20(27)22-17(11)25)18-16(29-12(2)24)14(8-21)15(30-18)10-28-19(26)13-6-4-3-5-7-13/h3-7,9,14-16,18H,10H2,1-2H3,(H,22,25,27)/t14-,15-,16-,18-/m0/s1. The number of aromatic nitrogens is 2. The molecule has 156 valence electrons. The van der Waals surface area contributed by atoms with Gasteiger partial charge in [0.25, 0.3) is 5.56 Å². The van der Waals surface area contributed by atoms with Crippen LogP contribution in [0.25, 0.3) is 0 Å². The number of aromatic amines is 1. The number of aryl methyl sites for hydroxylation is 1. The van der Waals surface area contributed by atoms with Crippen LogP contribution in [-0.2, 0) is 19.0 Å². The zero-order chi connectivity index (χ0) is 21.8. The Morgan fingerprint density at radius 2 is 1.97 bits per heavy atom. The van der Waals surface area contributed by atoms with Gasteiger partial charge in [-0.2, -0.15) is 5.26 Å². The molecule has 1 aliphatic heterocycles. The molecule has 1 fully saturated rings. The van der Waals surface area contributed by atoms with Gasteiger partial charge in [-0.05, 0) is 19.1 Å². The predicted octanol–water partition coefficient (Wildman–Crippen LogP) is 0.671. The monoisotopic (exact) mass is 413 g/mol. The molecule has 1 aliphatic rings. The van der Waals surface area contributed by atoms with Crippen LogP contribution >= 0.6 is 0 Å². The average Bonchev–Trinajstić information content (AvgIpc) is 3.05. The molecule has 30 heavy (non-hydrogen) atoms. The first-order chi connectivity index (χ1) is 14.3. The first kappa shape index (κ1) is 21.0. The van der Waals surface area contributed by atoms with Crippen LogP contribution in [0.2, 0.25) is 0 Å². The molecule has 0 saturated carbocycles. The van der Waals surface area contributed by atoms with Gasteiger partial charge in [0.1, 0.15) is 18.6 Å². The number of ether oxygens (including phenoxy) is 3. The molecular formula is C20H19N3O7. The topological polar surface area (TPSA) is 140 Å². The lowest BCUT2D eigenvalue weighted by Crippen LogP contribution is -2.38. The van der Waals surface area contributed by atoms with Gasteiger partial charge in [0.05, 0.1) is 11.6 Å². The van der Waals surface area contributed by atoms with Crippen molar-refractivity contribution in [2.24, 2.45) is 5.92 Å². The van der Waals surface area contributed by atoms with Crippen molar-refractivity contribution in [3.63, 3.8) is 0 Å². The van der Waals surface area contributed by atoms with Crippen LogP contribution < -0.4 is 11.2 Å². The summed E-state index contributed by atoms with van der Waals surface area (Å²) in [5.41, 5.74) is -0.799. The van der Waals surface area contributed by atoms with Crippen molar-refractivity contribution >= 4 is 11.9 Å². The van der Waals surface area contributed by atoms with Crippen LogP contribution in [0.15, 0.2) is 46.1 Å². The number of nitriles is 1. The summed E-state index contributed by atoms with van der Waals surface area (Å²) in [5.74, 6) is -2.30. The molecule has 2 heterocycles. The van der Waals surface area contributed by atoms with E-state index < -0.39 is 47.5 Å². The maximum atomic E-state index is 12.3. The van der Waals surface area contributed by atoms with E-state index in [1.807, 2.05) is 6.07 Å². The van der Waals surface area contributed by atoms with Crippen molar-refractivity contribution in [3.05, 3.63) is 68.5 Å². The van der Waals surface area contributed by atoms with Gasteiger partial charge in [-0.15, -0.1) is 0 Å². The molecule has 4 atom stereocenters. The van der Waals surface area contributed by atoms with E-state index in [1.54, 1.807) is 30.3 Å². The third-order valence-electron chi connectivity index (χ3n) is 4.61. The highest BCUT2D eigenvalue weighted by molar-refractivity contribution is 5.89. The van der Waals surface area contributed by atoms with E-state index in [-0.39, 0.29) is 12.2 Å². The summed E-state index contributed by atoms with van der Waals surface area (Å²) in [4.78, 5) is 49.9. The highest BCUT2D eigenvalue weighted by Crippen LogP contribution is 2.35. The molecule has 0 aliphatic carbocycles. The molecule has 0 spiro atoms. The summed E-state index contributed by atoms with van der Waals surface area (Å²) in [6, 6.07) is 10.3. The summed E-state index contributed by atoms with van der Waals surface area (Å²) in [6.07, 6.45) is -2.02. The van der Waals surface area contributed by atoms with Crippen LogP contribution in [-0.4, -0.2) is 40.3 Å². The zero-order valence-corrected chi connectivity index (χ0v) is 16.2. The number of H-pyrrole nitrogens is 1. The zero-order valence-electron chi connectivity index (χ0n) is 16.2. The maximum absolute atomic E-state index is 12.3. The average molecular weight is 413 g/mol. The molecule has 2 aromatic rings. The third kappa shape index (κ3) is 4.31. The largest absolute Gasteiger partial charge is 0.459 e. The van der Waals surface area contributed by atoms with Gasteiger partial charge in [0.2, 0.25) is 0 Å². The van der Waals surface area contributed by atoms with E-state index in [0.29, 0.717) is 5.56 Å². The first-order valence-electron chi connectivity index (χ1n) is 9.08. The highest BCUT2D eigenvalue weighted by Gasteiger charge is 2.49. The first-order valence-corrected chi connectivity index (χ1v) is 9.08. The number of nitrogens with zero attached hydrogens (tertiary/aromatic N) is 2. The van der Waals surface area contributed by atoms with E-state index in [2.05, 4.69) is 4.98 Å². The van der Waals surface area contributed by atoms with Crippen LogP contribution in [0.3, 0.4) is 0 Å². The van der Waals surface area contributed by atoms with Gasteiger partial charge >= 0.3 is 17.6 Å². The molecule has 1 aromatic carbocycles. The van der Waals surface area contributed by atoms with Gasteiger partial charge in [0, 0.05) is 18.7 Å². The SMILES string of the molecule is CC(=O)O[C@H]1[C@@H](C#N)[C@H](COC(=O)c2ccccc2)O[C@@H]1n1cc(C)c(=O)[nH]c1=O. The lowest BCUT2D eigenvalue weighted by atomic mass is 10.00. The number of carbonyl (C=O) groups is 2. The minimum Gasteiger partial charge on any atom is -0.459 e. The number of hydrogen-bond acceptors (Lipinski definition) is 8. The second-order valence-corrected chi connectivity index (χ2v) is 6.74. The minimum absolute atomic E-state index is 0.229. The summed E-state index contributed by atoms with van der Waals surface area (Å²) in [6.45, 7) is 2.36. The Kier molecular flexibility index (Phi) is 6.13. The second kappa shape index (κ2) is 8.75. The number of nitrogens with one attached hydrogen (secondary N) is 1. The number of benzene rings is 1. The molecule has 1 N–H and O–H groups in total. The summed E-state index contributed by atoms with van der Waals surface area (Å²) in [5, 5.41) is 9.63. The number of rotatable bonds is 5. The summed E-state index contributed by atoms with van der Waals surface area (Å²) in [7, 11) is 0. The van der Waals surface area contributed by atoms with Crippen LogP contribution in [0.5, 0.6) is 0 Å². The van der Waals surface area contributed by atoms with Gasteiger partial charge in [-0.1, -0.05) is 18.2 Å². The summed E-state index contributed by atoms with van der Waals surface area (Å²) >= 11 is 0. The molecule has 0 radical (unpaired) electrons. The fourth-order valence-electron chi connectivity index (χ4n) is 3.17. The van der Waals surface area contributed by atoms with E-state index in [1.165, 1.54) is 13.1 Å². The van der Waals surface area contributed by atoms with Crippen LogP contribution in [0.4, 0.5) is 0 Å². The molecule has 10 heteroatoms. The Morgan fingerprint density at radius 3 is 2.60 bits per heavy atom. The van der Waals surface area contributed by atoms with Gasteiger partial charge < -0.3 is 14.2 Å². The second-order valence-electron chi connectivity index (χ2n) is 6.74. The van der Waals surface area contributed by atoms with Crippen molar-refractivity contribution in [1.29, 1.82) is 5.26 Å². The van der Waals surface area contributed by atoms with E-state index in [4.69, 9.17) is 14.2 Å². The molecule has 0 amide bonds. The van der Waals surface area contributed by atoms with Gasteiger partial charge in [0.15, 0.2) is 12.3 Å². The Morgan fingerprint density at radius 1 is 1.27 bits per heavy atom. The molecule has 10 nitrogen and oxygen atoms in total.